The van der Waals surface area contributed by atoms with Crippen LogP contribution in [0.1, 0.15) is 46.0 Å². The molecule has 0 aromatic heterocycles. The zero-order valence-electron chi connectivity index (χ0n) is 8.84. The molecule has 0 spiro atoms. The van der Waals surface area contributed by atoms with Gasteiger partial charge in [-0.25, -0.2) is 0 Å². The fourth-order valence-electron chi connectivity index (χ4n) is 2.26. The molecule has 0 radical (unpaired) electrons. The molecule has 0 unspecified atom stereocenters. The quantitative estimate of drug-likeness (QED) is 0.628. The van der Waals surface area contributed by atoms with Crippen molar-refractivity contribution in [3.8, 4) is 0 Å². The molecule has 1 aliphatic rings. The number of hydrogen-bond acceptors (Lipinski definition) is 1. The van der Waals surface area contributed by atoms with Crippen LogP contribution in [0.5, 0.6) is 0 Å². The SMILES string of the molecule is CCN(C)[C@@H](C)C1CCCCC1. The predicted molar refractivity (Wildman–Crippen MR) is 54.3 cm³/mol. The third kappa shape index (κ3) is 2.48. The average Bonchev–Trinajstić information content (AvgIpc) is 2.17. The average molecular weight is 169 g/mol. The summed E-state index contributed by atoms with van der Waals surface area (Å²) in [4.78, 5) is 2.48. The van der Waals surface area contributed by atoms with Gasteiger partial charge in [-0.3, -0.25) is 0 Å². The molecule has 0 amide bonds. The summed E-state index contributed by atoms with van der Waals surface area (Å²) >= 11 is 0. The molecule has 72 valence electrons. The lowest BCUT2D eigenvalue weighted by atomic mass is 9.84. The summed E-state index contributed by atoms with van der Waals surface area (Å²) in [6.07, 6.45) is 7.33. The Kier molecular flexibility index (Phi) is 4.07. The van der Waals surface area contributed by atoms with E-state index in [0.717, 1.165) is 12.0 Å². The van der Waals surface area contributed by atoms with Gasteiger partial charge >= 0.3 is 0 Å². The molecule has 1 fully saturated rings. The Morgan fingerprint density at radius 3 is 2.33 bits per heavy atom. The molecule has 1 heteroatoms. The fraction of sp³-hybridized carbons (Fsp3) is 1.00. The maximum atomic E-state index is 2.48. The van der Waals surface area contributed by atoms with Gasteiger partial charge in [0.1, 0.15) is 0 Å². The van der Waals surface area contributed by atoms with Gasteiger partial charge < -0.3 is 4.90 Å². The molecule has 0 aromatic carbocycles. The number of nitrogens with zero attached hydrogens (tertiary/aromatic N) is 1. The normalized spacial score (nSPS) is 23.0. The molecule has 1 rings (SSSR count). The topological polar surface area (TPSA) is 3.24 Å². The Bertz CT molecular complexity index is 116. The van der Waals surface area contributed by atoms with Gasteiger partial charge in [0.05, 0.1) is 0 Å². The van der Waals surface area contributed by atoms with Gasteiger partial charge in [0.2, 0.25) is 0 Å². The van der Waals surface area contributed by atoms with Gasteiger partial charge in [0.25, 0.3) is 0 Å². The summed E-state index contributed by atoms with van der Waals surface area (Å²) in [6, 6.07) is 0.801. The van der Waals surface area contributed by atoms with Crippen LogP contribution in [0.2, 0.25) is 0 Å². The summed E-state index contributed by atoms with van der Waals surface area (Å²) in [7, 11) is 2.25. The van der Waals surface area contributed by atoms with Gasteiger partial charge in [-0.2, -0.15) is 0 Å². The van der Waals surface area contributed by atoms with Crippen molar-refractivity contribution in [2.45, 2.75) is 52.0 Å². The summed E-state index contributed by atoms with van der Waals surface area (Å²) in [5, 5.41) is 0. The van der Waals surface area contributed by atoms with Gasteiger partial charge in [-0.05, 0) is 39.3 Å². The minimum atomic E-state index is 0.801. The minimum Gasteiger partial charge on any atom is -0.304 e. The van der Waals surface area contributed by atoms with Crippen LogP contribution in [0.3, 0.4) is 0 Å². The van der Waals surface area contributed by atoms with Crippen molar-refractivity contribution in [2.75, 3.05) is 13.6 Å². The molecule has 1 saturated carbocycles. The molecule has 0 aromatic rings. The monoisotopic (exact) mass is 169 g/mol. The number of rotatable bonds is 3. The third-order valence-electron chi connectivity index (χ3n) is 3.53. The molecule has 1 atom stereocenters. The largest absolute Gasteiger partial charge is 0.304 e. The zero-order valence-corrected chi connectivity index (χ0v) is 8.84. The molecular formula is C11H23N. The van der Waals surface area contributed by atoms with Crippen molar-refractivity contribution in [1.29, 1.82) is 0 Å². The van der Waals surface area contributed by atoms with E-state index in [1.54, 1.807) is 0 Å². The zero-order chi connectivity index (χ0) is 8.97. The molecule has 0 saturated heterocycles. The Hall–Kier alpha value is -0.0400. The first-order valence-electron chi connectivity index (χ1n) is 5.46. The molecule has 1 aliphatic carbocycles. The Balaban J connectivity index is 2.33. The van der Waals surface area contributed by atoms with Crippen molar-refractivity contribution >= 4 is 0 Å². The van der Waals surface area contributed by atoms with Crippen LogP contribution in [0.15, 0.2) is 0 Å². The van der Waals surface area contributed by atoms with Crippen molar-refractivity contribution in [3.05, 3.63) is 0 Å². The van der Waals surface area contributed by atoms with Gasteiger partial charge in [0, 0.05) is 6.04 Å². The highest BCUT2D eigenvalue weighted by Gasteiger charge is 2.21. The van der Waals surface area contributed by atoms with E-state index in [1.807, 2.05) is 0 Å². The first-order valence-corrected chi connectivity index (χ1v) is 5.46. The van der Waals surface area contributed by atoms with E-state index in [0.29, 0.717) is 0 Å². The summed E-state index contributed by atoms with van der Waals surface area (Å²) in [5.41, 5.74) is 0. The highest BCUT2D eigenvalue weighted by molar-refractivity contribution is 4.76. The molecule has 1 nitrogen and oxygen atoms in total. The van der Waals surface area contributed by atoms with Gasteiger partial charge in [-0.1, -0.05) is 26.2 Å². The lowest BCUT2D eigenvalue weighted by Crippen LogP contribution is -2.36. The van der Waals surface area contributed by atoms with Gasteiger partial charge in [-0.15, -0.1) is 0 Å². The van der Waals surface area contributed by atoms with Crippen molar-refractivity contribution < 1.29 is 0 Å². The highest BCUT2D eigenvalue weighted by Crippen LogP contribution is 2.28. The van der Waals surface area contributed by atoms with Crippen LogP contribution in [0.25, 0.3) is 0 Å². The summed E-state index contributed by atoms with van der Waals surface area (Å²) in [5.74, 6) is 0.976. The molecule has 0 heterocycles. The van der Waals surface area contributed by atoms with E-state index in [2.05, 4.69) is 25.8 Å². The maximum Gasteiger partial charge on any atom is 0.00920 e. The van der Waals surface area contributed by atoms with E-state index in [4.69, 9.17) is 0 Å². The second-order valence-corrected chi connectivity index (χ2v) is 4.21. The van der Waals surface area contributed by atoms with Crippen molar-refractivity contribution in [3.63, 3.8) is 0 Å². The maximum absolute atomic E-state index is 2.48. The van der Waals surface area contributed by atoms with E-state index in [1.165, 1.54) is 38.6 Å². The number of hydrogen-bond donors (Lipinski definition) is 0. The van der Waals surface area contributed by atoms with E-state index >= 15 is 0 Å². The van der Waals surface area contributed by atoms with Crippen molar-refractivity contribution in [2.24, 2.45) is 5.92 Å². The second-order valence-electron chi connectivity index (χ2n) is 4.21. The first kappa shape index (κ1) is 10.0. The lowest BCUT2D eigenvalue weighted by molar-refractivity contribution is 0.164. The van der Waals surface area contributed by atoms with Crippen LogP contribution in [-0.4, -0.2) is 24.5 Å². The Labute approximate surface area is 77.1 Å². The summed E-state index contributed by atoms with van der Waals surface area (Å²) in [6.45, 7) is 5.83. The second kappa shape index (κ2) is 4.86. The Morgan fingerprint density at radius 1 is 1.25 bits per heavy atom. The molecule has 0 N–H and O–H groups in total. The highest BCUT2D eigenvalue weighted by atomic mass is 15.1. The van der Waals surface area contributed by atoms with E-state index in [-0.39, 0.29) is 0 Å². The predicted octanol–water partition coefficient (Wildman–Crippen LogP) is 2.91. The molecule has 12 heavy (non-hydrogen) atoms. The lowest BCUT2D eigenvalue weighted by Gasteiger charge is -2.33. The van der Waals surface area contributed by atoms with Crippen LogP contribution < -0.4 is 0 Å². The third-order valence-corrected chi connectivity index (χ3v) is 3.53. The van der Waals surface area contributed by atoms with Crippen molar-refractivity contribution in [1.82, 2.24) is 4.90 Å². The molecular weight excluding hydrogens is 146 g/mol. The molecule has 0 bridgehead atoms. The minimum absolute atomic E-state index is 0.801. The van der Waals surface area contributed by atoms with Crippen LogP contribution >= 0.6 is 0 Å². The van der Waals surface area contributed by atoms with E-state index < -0.39 is 0 Å². The van der Waals surface area contributed by atoms with Crippen LogP contribution in [0.4, 0.5) is 0 Å². The van der Waals surface area contributed by atoms with Crippen LogP contribution in [-0.2, 0) is 0 Å². The van der Waals surface area contributed by atoms with Gasteiger partial charge in [0.15, 0.2) is 0 Å². The smallest absolute Gasteiger partial charge is 0.00920 e. The fourth-order valence-corrected chi connectivity index (χ4v) is 2.26. The molecule has 0 aliphatic heterocycles. The summed E-state index contributed by atoms with van der Waals surface area (Å²) < 4.78 is 0. The van der Waals surface area contributed by atoms with E-state index in [9.17, 15) is 0 Å². The van der Waals surface area contributed by atoms with Crippen LogP contribution in [0, 0.1) is 5.92 Å². The Morgan fingerprint density at radius 2 is 1.83 bits per heavy atom. The first-order chi connectivity index (χ1) is 5.75. The standard InChI is InChI=1S/C11H23N/c1-4-12(3)10(2)11-8-6-5-7-9-11/h10-11H,4-9H2,1-3H3/t10-/m0/s1.